The van der Waals surface area contributed by atoms with Gasteiger partial charge in [0, 0.05) is 12.1 Å². The van der Waals surface area contributed by atoms with E-state index in [-0.39, 0.29) is 24.1 Å². The zero-order valence-corrected chi connectivity index (χ0v) is 10.1. The van der Waals surface area contributed by atoms with E-state index in [1.54, 1.807) is 12.1 Å². The van der Waals surface area contributed by atoms with Crippen LogP contribution >= 0.6 is 28.3 Å². The Morgan fingerprint density at radius 2 is 2.20 bits per heavy atom. The fourth-order valence-electron chi connectivity index (χ4n) is 1.01. The molecule has 0 spiro atoms. The number of nitro benzene ring substituents is 1. The molecule has 0 heterocycles. The maximum Gasteiger partial charge on any atom is 0.283 e. The first kappa shape index (κ1) is 14.1. The van der Waals surface area contributed by atoms with Crippen LogP contribution in [0.15, 0.2) is 35.3 Å². The molecule has 6 heteroatoms. The van der Waals surface area contributed by atoms with E-state index in [9.17, 15) is 10.1 Å². The maximum atomic E-state index is 10.6. The summed E-state index contributed by atoms with van der Waals surface area (Å²) in [5.41, 5.74) is 6.35. The lowest BCUT2D eigenvalue weighted by Crippen LogP contribution is -2.06. The molecule has 1 aromatic rings. The van der Waals surface area contributed by atoms with Gasteiger partial charge in [0.15, 0.2) is 0 Å². The third-order valence-electron chi connectivity index (χ3n) is 1.81. The van der Waals surface area contributed by atoms with Gasteiger partial charge >= 0.3 is 0 Å². The number of rotatable bonds is 3. The number of hydrogen-bond donors (Lipinski definition) is 1. The monoisotopic (exact) mass is 292 g/mol. The fraction of sp³-hybridized carbons (Fsp3) is 0.111. The van der Waals surface area contributed by atoms with Crippen LogP contribution in [-0.2, 0) is 0 Å². The molecule has 2 N–H and O–H groups in total. The van der Waals surface area contributed by atoms with Crippen molar-refractivity contribution < 1.29 is 4.92 Å². The highest BCUT2D eigenvalue weighted by molar-refractivity contribution is 9.10. The Balaban J connectivity index is 0.00000196. The summed E-state index contributed by atoms with van der Waals surface area (Å²) in [5, 5.41) is 10.6. The van der Waals surface area contributed by atoms with Gasteiger partial charge in [-0.25, -0.2) is 0 Å². The van der Waals surface area contributed by atoms with Crippen LogP contribution in [0.4, 0.5) is 5.69 Å². The molecule has 0 aliphatic heterocycles. The van der Waals surface area contributed by atoms with Gasteiger partial charge in [0.25, 0.3) is 5.69 Å². The Kier molecular flexibility index (Phi) is 5.49. The van der Waals surface area contributed by atoms with Crippen LogP contribution in [0.2, 0.25) is 0 Å². The highest BCUT2D eigenvalue weighted by Crippen LogP contribution is 2.27. The minimum absolute atomic E-state index is 0. The largest absolute Gasteiger partial charge is 0.321 e. The summed E-state index contributed by atoms with van der Waals surface area (Å²) in [5.74, 6) is 0. The summed E-state index contributed by atoms with van der Waals surface area (Å²) < 4.78 is 0.447. The van der Waals surface area contributed by atoms with E-state index in [0.29, 0.717) is 10.0 Å². The Hall–Kier alpha value is -0.910. The Morgan fingerprint density at radius 1 is 1.60 bits per heavy atom. The van der Waals surface area contributed by atoms with Crippen LogP contribution in [0.25, 0.3) is 0 Å². The average molecular weight is 294 g/mol. The summed E-state index contributed by atoms with van der Waals surface area (Å²) >= 11 is 3.09. The lowest BCUT2D eigenvalue weighted by Gasteiger charge is -2.06. The first-order valence-electron chi connectivity index (χ1n) is 3.88. The number of halogens is 2. The summed E-state index contributed by atoms with van der Waals surface area (Å²) in [4.78, 5) is 10.1. The van der Waals surface area contributed by atoms with Gasteiger partial charge in [-0.1, -0.05) is 12.1 Å². The van der Waals surface area contributed by atoms with Gasteiger partial charge in [-0.15, -0.1) is 19.0 Å². The first-order chi connectivity index (χ1) is 6.56. The molecule has 0 aromatic heterocycles. The average Bonchev–Trinajstić information content (AvgIpc) is 2.17. The van der Waals surface area contributed by atoms with Gasteiger partial charge < -0.3 is 5.73 Å². The van der Waals surface area contributed by atoms with Crippen LogP contribution in [-0.4, -0.2) is 4.92 Å². The molecule has 15 heavy (non-hydrogen) atoms. The standard InChI is InChI=1S/C9H9BrN2O2.ClH/c1-2-8(11)6-3-4-7(10)9(5-6)12(13)14;/h2-5,8H,1,11H2;1H/t8-;/m1./s1. The van der Waals surface area contributed by atoms with Crippen molar-refractivity contribution in [2.75, 3.05) is 0 Å². The van der Waals surface area contributed by atoms with Crippen molar-refractivity contribution in [3.05, 3.63) is 51.0 Å². The molecule has 0 unspecified atom stereocenters. The van der Waals surface area contributed by atoms with Crippen LogP contribution in [0.1, 0.15) is 11.6 Å². The molecule has 0 aliphatic rings. The number of benzene rings is 1. The SMILES string of the molecule is C=C[C@@H](N)c1ccc(Br)c([N+](=O)[O-])c1.Cl. The smallest absolute Gasteiger partial charge is 0.283 e. The zero-order chi connectivity index (χ0) is 10.7. The van der Waals surface area contributed by atoms with E-state index in [2.05, 4.69) is 22.5 Å². The molecular formula is C9H10BrClN2O2. The fourth-order valence-corrected chi connectivity index (χ4v) is 1.40. The lowest BCUT2D eigenvalue weighted by atomic mass is 10.1. The third kappa shape index (κ3) is 3.30. The molecule has 0 aliphatic carbocycles. The van der Waals surface area contributed by atoms with Crippen LogP contribution in [0.3, 0.4) is 0 Å². The predicted molar refractivity (Wildman–Crippen MR) is 65.2 cm³/mol. The molecule has 0 fully saturated rings. The molecule has 1 rings (SSSR count). The van der Waals surface area contributed by atoms with Gasteiger partial charge in [0.2, 0.25) is 0 Å². The number of nitro groups is 1. The van der Waals surface area contributed by atoms with Crippen molar-refractivity contribution in [2.24, 2.45) is 5.73 Å². The summed E-state index contributed by atoms with van der Waals surface area (Å²) in [6.45, 7) is 3.53. The normalized spacial score (nSPS) is 11.3. The Bertz CT molecular complexity index is 384. The van der Waals surface area contributed by atoms with Gasteiger partial charge in [-0.3, -0.25) is 10.1 Å². The first-order valence-corrected chi connectivity index (χ1v) is 4.67. The molecule has 0 radical (unpaired) electrons. The van der Waals surface area contributed by atoms with Gasteiger partial charge in [0.1, 0.15) is 0 Å². The van der Waals surface area contributed by atoms with E-state index < -0.39 is 4.92 Å². The summed E-state index contributed by atoms with van der Waals surface area (Å²) in [6, 6.07) is 4.40. The van der Waals surface area contributed by atoms with E-state index in [1.165, 1.54) is 12.1 Å². The number of hydrogen-bond acceptors (Lipinski definition) is 3. The molecule has 4 nitrogen and oxygen atoms in total. The Morgan fingerprint density at radius 3 is 2.67 bits per heavy atom. The molecule has 1 aromatic carbocycles. The van der Waals surface area contributed by atoms with Crippen molar-refractivity contribution >= 4 is 34.0 Å². The van der Waals surface area contributed by atoms with Crippen molar-refractivity contribution in [1.29, 1.82) is 0 Å². The minimum atomic E-state index is -0.455. The van der Waals surface area contributed by atoms with Crippen LogP contribution < -0.4 is 5.73 Å². The second kappa shape index (κ2) is 5.85. The van der Waals surface area contributed by atoms with Crippen LogP contribution in [0.5, 0.6) is 0 Å². The van der Waals surface area contributed by atoms with Crippen molar-refractivity contribution in [3.8, 4) is 0 Å². The molecule has 82 valence electrons. The minimum Gasteiger partial charge on any atom is -0.321 e. The quantitative estimate of drug-likeness (QED) is 0.529. The lowest BCUT2D eigenvalue weighted by molar-refractivity contribution is -0.385. The van der Waals surface area contributed by atoms with Gasteiger partial charge in [0.05, 0.1) is 9.40 Å². The predicted octanol–water partition coefficient (Wildman–Crippen LogP) is 2.96. The topological polar surface area (TPSA) is 69.2 Å². The van der Waals surface area contributed by atoms with Crippen molar-refractivity contribution in [2.45, 2.75) is 6.04 Å². The maximum absolute atomic E-state index is 10.6. The van der Waals surface area contributed by atoms with Gasteiger partial charge in [-0.05, 0) is 27.6 Å². The number of nitrogens with two attached hydrogens (primary N) is 1. The number of nitrogens with zero attached hydrogens (tertiary/aromatic N) is 1. The molecule has 0 saturated heterocycles. The van der Waals surface area contributed by atoms with E-state index in [0.717, 1.165) is 0 Å². The molecule has 0 bridgehead atoms. The van der Waals surface area contributed by atoms with E-state index >= 15 is 0 Å². The highest BCUT2D eigenvalue weighted by atomic mass is 79.9. The van der Waals surface area contributed by atoms with Crippen molar-refractivity contribution in [3.63, 3.8) is 0 Å². The van der Waals surface area contributed by atoms with Crippen molar-refractivity contribution in [1.82, 2.24) is 0 Å². The molecular weight excluding hydrogens is 283 g/mol. The van der Waals surface area contributed by atoms with E-state index in [4.69, 9.17) is 5.73 Å². The molecule has 0 saturated carbocycles. The second-order valence-corrected chi connectivity index (χ2v) is 3.58. The van der Waals surface area contributed by atoms with Crippen LogP contribution in [0, 0.1) is 10.1 Å². The summed E-state index contributed by atoms with van der Waals surface area (Å²) in [7, 11) is 0. The highest BCUT2D eigenvalue weighted by Gasteiger charge is 2.13. The molecule has 0 amide bonds. The van der Waals surface area contributed by atoms with E-state index in [1.807, 2.05) is 0 Å². The third-order valence-corrected chi connectivity index (χ3v) is 2.48. The Labute approximate surface area is 102 Å². The molecule has 1 atom stereocenters. The zero-order valence-electron chi connectivity index (χ0n) is 7.72. The second-order valence-electron chi connectivity index (χ2n) is 2.73. The summed E-state index contributed by atoms with van der Waals surface area (Å²) in [6.07, 6.45) is 1.53. The van der Waals surface area contributed by atoms with Gasteiger partial charge in [-0.2, -0.15) is 0 Å².